The molecule has 33 heavy (non-hydrogen) atoms. The molecule has 0 spiro atoms. The van der Waals surface area contributed by atoms with Gasteiger partial charge in [-0.25, -0.2) is 4.79 Å². The van der Waals surface area contributed by atoms with Crippen molar-refractivity contribution in [3.63, 3.8) is 0 Å². The lowest BCUT2D eigenvalue weighted by atomic mass is 9.96. The third-order valence-electron chi connectivity index (χ3n) is 3.95. The number of carbonyl (C=O) groups is 5. The Kier molecular flexibility index (Phi) is 11.6. The van der Waals surface area contributed by atoms with Crippen LogP contribution in [0.4, 0.5) is 13.2 Å². The summed E-state index contributed by atoms with van der Waals surface area (Å²) in [6.07, 6.45) is -5.19. The van der Waals surface area contributed by atoms with Crippen LogP contribution in [-0.4, -0.2) is 72.3 Å². The Morgan fingerprint density at radius 1 is 1.06 bits per heavy atom. The molecule has 0 aliphatic heterocycles. The lowest BCUT2D eigenvalue weighted by Gasteiger charge is -2.32. The first-order valence-electron chi connectivity index (χ1n) is 9.03. The van der Waals surface area contributed by atoms with Crippen molar-refractivity contribution in [2.24, 2.45) is 5.92 Å². The first-order valence-corrected chi connectivity index (χ1v) is 9.03. The maximum Gasteiger partial charge on any atom is 0.430 e. The van der Waals surface area contributed by atoms with Crippen LogP contribution in [0, 0.1) is 5.92 Å². The number of carbonyl (C=O) groups excluding carboxylic acids is 4. The van der Waals surface area contributed by atoms with Gasteiger partial charge in [-0.1, -0.05) is 30.3 Å². The predicted octanol–water partition coefficient (Wildman–Crippen LogP) is -1.64. The lowest BCUT2D eigenvalue weighted by molar-refractivity contribution is -0.400. The molecule has 0 aliphatic rings. The van der Waals surface area contributed by atoms with Gasteiger partial charge in [0.05, 0.1) is 14.2 Å². The van der Waals surface area contributed by atoms with E-state index < -0.39 is 54.0 Å². The van der Waals surface area contributed by atoms with Crippen molar-refractivity contribution in [3.8, 4) is 0 Å². The predicted molar refractivity (Wildman–Crippen MR) is 99.3 cm³/mol. The molecule has 184 valence electrons. The topological polar surface area (TPSA) is 178 Å². The van der Waals surface area contributed by atoms with Crippen LogP contribution in [0.25, 0.3) is 0 Å². The van der Waals surface area contributed by atoms with E-state index in [1.807, 2.05) is 0 Å². The number of alkyl halides is 3. The maximum absolute atomic E-state index is 12.7. The summed E-state index contributed by atoms with van der Waals surface area (Å²) >= 11 is 0. The van der Waals surface area contributed by atoms with E-state index >= 15 is 0 Å². The summed E-state index contributed by atoms with van der Waals surface area (Å²) in [4.78, 5) is 58.4. The van der Waals surface area contributed by atoms with Crippen LogP contribution in [0.1, 0.15) is 12.5 Å². The van der Waals surface area contributed by atoms with Crippen LogP contribution in [0.3, 0.4) is 0 Å². The number of hydrogen-bond acceptors (Lipinski definition) is 8. The summed E-state index contributed by atoms with van der Waals surface area (Å²) in [5.74, 6) is -9.33. The molecule has 11 nitrogen and oxygen atoms in total. The summed E-state index contributed by atoms with van der Waals surface area (Å²) in [5.41, 5.74) is 4.27. The minimum absolute atomic E-state index is 0.0971. The number of amides is 1. The van der Waals surface area contributed by atoms with Gasteiger partial charge in [0.25, 0.3) is 5.91 Å². The summed E-state index contributed by atoms with van der Waals surface area (Å²) < 4.78 is 40.7. The fourth-order valence-corrected chi connectivity index (χ4v) is 2.43. The van der Waals surface area contributed by atoms with Gasteiger partial charge in [0.1, 0.15) is 5.97 Å². The molecule has 1 rings (SSSR count). The molecule has 0 radical (unpaired) electrons. The lowest BCUT2D eigenvalue weighted by Crippen LogP contribution is -2.68. The number of carboxylic acid groups (broad SMARTS) is 2. The smallest absolute Gasteiger partial charge is 0.430 e. The number of hydrogen-bond donors (Lipinski definition) is 2. The molecule has 1 aromatic rings. The number of nitrogens with zero attached hydrogens (tertiary/aromatic N) is 1. The van der Waals surface area contributed by atoms with Crippen molar-refractivity contribution in [3.05, 3.63) is 35.9 Å². The van der Waals surface area contributed by atoms with Gasteiger partial charge in [-0.15, -0.1) is 0 Å². The van der Waals surface area contributed by atoms with E-state index in [1.54, 1.807) is 30.3 Å². The number of ether oxygens (including phenoxy) is 2. The van der Waals surface area contributed by atoms with Gasteiger partial charge in [-0.2, -0.15) is 13.2 Å². The standard InChI is InChI=1S/C17H22N2O7.C2HF3O2/c1-10(18)14(20)19(9-11-7-5-4-6-8-11)13(17(24)26-3)12(15(21)22)16(23)25-2;3-2(4,5)1(6)7/h4-8,10,12-13H,9,18H2,1-3H3,(H,21,22);(H,6,7)/t10-,12?,13?;/m0./s1. The van der Waals surface area contributed by atoms with Crippen LogP contribution in [0.15, 0.2) is 30.3 Å². The minimum Gasteiger partial charge on any atom is -0.542 e. The summed E-state index contributed by atoms with van der Waals surface area (Å²) in [5, 5.41) is 18.2. The fraction of sp³-hybridized carbons (Fsp3) is 0.421. The van der Waals surface area contributed by atoms with E-state index in [-0.39, 0.29) is 6.54 Å². The third-order valence-corrected chi connectivity index (χ3v) is 3.95. The zero-order chi connectivity index (χ0) is 25.9. The molecule has 0 saturated heterocycles. The highest BCUT2D eigenvalue weighted by Gasteiger charge is 2.47. The molecule has 14 heteroatoms. The van der Waals surface area contributed by atoms with Crippen molar-refractivity contribution in [2.75, 3.05) is 14.2 Å². The van der Waals surface area contributed by atoms with Crippen molar-refractivity contribution in [1.82, 2.24) is 4.90 Å². The van der Waals surface area contributed by atoms with Gasteiger partial charge in [0.2, 0.25) is 0 Å². The first kappa shape index (κ1) is 29.3. The van der Waals surface area contributed by atoms with Crippen LogP contribution in [0.5, 0.6) is 0 Å². The molecule has 2 unspecified atom stereocenters. The van der Waals surface area contributed by atoms with Crippen molar-refractivity contribution in [2.45, 2.75) is 31.7 Å². The molecular weight excluding hydrogens is 457 g/mol. The highest BCUT2D eigenvalue weighted by Crippen LogP contribution is 2.20. The molecule has 4 N–H and O–H groups in total. The number of halogens is 3. The normalized spacial score (nSPS) is 13.3. The van der Waals surface area contributed by atoms with Gasteiger partial charge in [-0.05, 0) is 12.5 Å². The van der Waals surface area contributed by atoms with Crippen LogP contribution in [-0.2, 0) is 40.0 Å². The monoisotopic (exact) mass is 480 g/mol. The second-order valence-corrected chi connectivity index (χ2v) is 6.45. The molecule has 0 heterocycles. The fourth-order valence-electron chi connectivity index (χ4n) is 2.43. The SMILES string of the molecule is COC(=O)C(C(=O)O)C(C(=O)OC)N(Cc1ccccc1)C(=O)[C@H](C)[NH3+].O=C([O-])C(F)(F)F. The first-order chi connectivity index (χ1) is 15.2. The number of esters is 2. The molecule has 0 aliphatic carbocycles. The second-order valence-electron chi connectivity index (χ2n) is 6.45. The van der Waals surface area contributed by atoms with E-state index in [0.29, 0.717) is 5.56 Å². The average Bonchev–Trinajstić information content (AvgIpc) is 2.74. The van der Waals surface area contributed by atoms with Crippen LogP contribution >= 0.6 is 0 Å². The molecule has 3 atom stereocenters. The number of methoxy groups -OCH3 is 2. The molecule has 0 fully saturated rings. The van der Waals surface area contributed by atoms with Gasteiger partial charge >= 0.3 is 24.1 Å². The quantitative estimate of drug-likeness (QED) is 0.326. The van der Waals surface area contributed by atoms with Crippen LogP contribution < -0.4 is 10.8 Å². The minimum atomic E-state index is -5.19. The Morgan fingerprint density at radius 3 is 1.85 bits per heavy atom. The van der Waals surface area contributed by atoms with E-state index in [4.69, 9.17) is 9.90 Å². The summed E-state index contributed by atoms with van der Waals surface area (Å²) in [6, 6.07) is 6.17. The molecule has 0 aromatic heterocycles. The largest absolute Gasteiger partial charge is 0.542 e. The number of quaternary nitrogens is 1. The Labute approximate surface area is 185 Å². The maximum atomic E-state index is 12.7. The van der Waals surface area contributed by atoms with Gasteiger partial charge in [0.15, 0.2) is 18.0 Å². The number of benzene rings is 1. The van der Waals surface area contributed by atoms with E-state index in [2.05, 4.69) is 15.2 Å². The van der Waals surface area contributed by atoms with Crippen molar-refractivity contribution >= 4 is 29.8 Å². The van der Waals surface area contributed by atoms with Gasteiger partial charge in [-0.3, -0.25) is 14.4 Å². The Bertz CT molecular complexity index is 845. The summed E-state index contributed by atoms with van der Waals surface area (Å²) in [7, 11) is 2.05. The molecule has 0 bridgehead atoms. The second kappa shape index (κ2) is 13.0. The van der Waals surface area contributed by atoms with Gasteiger partial charge in [0, 0.05) is 6.54 Å². The Hall–Kier alpha value is -3.68. The molecule has 1 amide bonds. The molecule has 1 aromatic carbocycles. The highest BCUT2D eigenvalue weighted by molar-refractivity contribution is 6.01. The van der Waals surface area contributed by atoms with E-state index in [0.717, 1.165) is 19.1 Å². The third kappa shape index (κ3) is 9.14. The number of carboxylic acids is 2. The average molecular weight is 480 g/mol. The van der Waals surface area contributed by atoms with E-state index in [9.17, 15) is 37.5 Å². The van der Waals surface area contributed by atoms with Crippen LogP contribution in [0.2, 0.25) is 0 Å². The molecular formula is C19H23F3N2O9. The van der Waals surface area contributed by atoms with E-state index in [1.165, 1.54) is 6.92 Å². The zero-order valence-electron chi connectivity index (χ0n) is 17.8. The van der Waals surface area contributed by atoms with Crippen molar-refractivity contribution in [1.29, 1.82) is 0 Å². The van der Waals surface area contributed by atoms with Gasteiger partial charge < -0.3 is 35.1 Å². The number of aliphatic carboxylic acids is 2. The highest BCUT2D eigenvalue weighted by atomic mass is 19.4. The number of rotatable bonds is 8. The Balaban J connectivity index is 0.00000126. The summed E-state index contributed by atoms with van der Waals surface area (Å²) in [6.45, 7) is 1.41. The molecule has 0 saturated carbocycles. The van der Waals surface area contributed by atoms with Crippen molar-refractivity contribution < 1.29 is 62.6 Å². The Morgan fingerprint density at radius 2 is 1.52 bits per heavy atom. The zero-order valence-corrected chi connectivity index (χ0v) is 17.8.